The van der Waals surface area contributed by atoms with Crippen LogP contribution in [-0.4, -0.2) is 77.1 Å². The van der Waals surface area contributed by atoms with E-state index in [4.69, 9.17) is 9.47 Å². The minimum Gasteiger partial charge on any atom is -0.486 e. The van der Waals surface area contributed by atoms with Gasteiger partial charge < -0.3 is 19.3 Å². The van der Waals surface area contributed by atoms with Crippen molar-refractivity contribution in [2.45, 2.75) is 4.90 Å². The Morgan fingerprint density at radius 3 is 2.33 bits per heavy atom. The summed E-state index contributed by atoms with van der Waals surface area (Å²) < 4.78 is 39.2. The van der Waals surface area contributed by atoms with Crippen molar-refractivity contribution in [2.75, 3.05) is 57.3 Å². The molecule has 0 bridgehead atoms. The number of amides is 1. The first-order valence-corrected chi connectivity index (χ1v) is 11.3. The summed E-state index contributed by atoms with van der Waals surface area (Å²) in [6, 6.07) is 13.1. The summed E-state index contributed by atoms with van der Waals surface area (Å²) in [5, 5.41) is 0. The lowest BCUT2D eigenvalue weighted by Crippen LogP contribution is -2.50. The summed E-state index contributed by atoms with van der Waals surface area (Å²) in [7, 11) is -1.94. The highest BCUT2D eigenvalue weighted by Crippen LogP contribution is 2.35. The standard InChI is InChI=1S/C21H25N3O5S/c1-22-9-11-23(12-10-22)21(25)16-24(30(26,27)18-5-3-2-4-6-18)17-7-8-19-20(15-17)29-14-13-28-19/h2-8,15H,9-14,16H2,1H3. The Morgan fingerprint density at radius 2 is 1.63 bits per heavy atom. The molecule has 0 saturated carbocycles. The molecule has 0 aliphatic carbocycles. The Balaban J connectivity index is 1.67. The molecular weight excluding hydrogens is 406 g/mol. The normalized spacial score (nSPS) is 16.9. The lowest BCUT2D eigenvalue weighted by Gasteiger charge is -2.34. The zero-order valence-electron chi connectivity index (χ0n) is 16.9. The van der Waals surface area contributed by atoms with Gasteiger partial charge in [0.25, 0.3) is 10.0 Å². The molecule has 0 radical (unpaired) electrons. The van der Waals surface area contributed by atoms with E-state index in [-0.39, 0.29) is 17.3 Å². The molecule has 1 fully saturated rings. The van der Waals surface area contributed by atoms with Crippen molar-refractivity contribution >= 4 is 21.6 Å². The molecular formula is C21H25N3O5S. The van der Waals surface area contributed by atoms with Crippen LogP contribution in [0.1, 0.15) is 0 Å². The van der Waals surface area contributed by atoms with Gasteiger partial charge in [-0.3, -0.25) is 9.10 Å². The van der Waals surface area contributed by atoms with Gasteiger partial charge in [0, 0.05) is 32.2 Å². The molecule has 2 aliphatic rings. The summed E-state index contributed by atoms with van der Waals surface area (Å²) in [4.78, 5) is 17.0. The van der Waals surface area contributed by atoms with E-state index in [1.807, 2.05) is 7.05 Å². The van der Waals surface area contributed by atoms with Crippen molar-refractivity contribution in [3.8, 4) is 11.5 Å². The zero-order valence-corrected chi connectivity index (χ0v) is 17.7. The highest BCUT2D eigenvalue weighted by molar-refractivity contribution is 7.92. The molecule has 4 rings (SSSR count). The van der Waals surface area contributed by atoms with Gasteiger partial charge in [-0.05, 0) is 31.3 Å². The van der Waals surface area contributed by atoms with Gasteiger partial charge in [0.2, 0.25) is 5.91 Å². The summed E-state index contributed by atoms with van der Waals surface area (Å²) >= 11 is 0. The molecule has 0 N–H and O–H groups in total. The number of likely N-dealkylation sites (N-methyl/N-ethyl adjacent to an activating group) is 1. The third-order valence-electron chi connectivity index (χ3n) is 5.28. The summed E-state index contributed by atoms with van der Waals surface area (Å²) in [5.41, 5.74) is 0.366. The number of ether oxygens (including phenoxy) is 2. The van der Waals surface area contributed by atoms with Gasteiger partial charge in [0.1, 0.15) is 19.8 Å². The van der Waals surface area contributed by atoms with E-state index in [2.05, 4.69) is 4.90 Å². The van der Waals surface area contributed by atoms with Crippen LogP contribution in [0.5, 0.6) is 11.5 Å². The number of carbonyl (C=O) groups excluding carboxylic acids is 1. The monoisotopic (exact) mass is 431 g/mol. The maximum Gasteiger partial charge on any atom is 0.264 e. The predicted octanol–water partition coefficient (Wildman–Crippen LogP) is 1.43. The van der Waals surface area contributed by atoms with Crippen LogP contribution in [0.2, 0.25) is 0 Å². The number of carbonyl (C=O) groups is 1. The molecule has 2 aromatic carbocycles. The van der Waals surface area contributed by atoms with Gasteiger partial charge >= 0.3 is 0 Å². The average Bonchev–Trinajstić information content (AvgIpc) is 2.78. The zero-order chi connectivity index (χ0) is 21.1. The second-order valence-corrected chi connectivity index (χ2v) is 9.20. The Morgan fingerprint density at radius 1 is 0.967 bits per heavy atom. The van der Waals surface area contributed by atoms with Gasteiger partial charge in [-0.25, -0.2) is 8.42 Å². The first-order valence-electron chi connectivity index (χ1n) is 9.89. The summed E-state index contributed by atoms with van der Waals surface area (Å²) in [5.74, 6) is 0.809. The van der Waals surface area contributed by atoms with Crippen LogP contribution >= 0.6 is 0 Å². The van der Waals surface area contributed by atoms with Crippen LogP contribution in [-0.2, 0) is 14.8 Å². The molecule has 2 heterocycles. The van der Waals surface area contributed by atoms with E-state index in [1.54, 1.807) is 41.3 Å². The number of anilines is 1. The molecule has 1 amide bonds. The van der Waals surface area contributed by atoms with Crippen LogP contribution in [0.25, 0.3) is 0 Å². The number of hydrogen-bond acceptors (Lipinski definition) is 6. The lowest BCUT2D eigenvalue weighted by molar-refractivity contribution is -0.131. The number of hydrogen-bond donors (Lipinski definition) is 0. The molecule has 8 nitrogen and oxygen atoms in total. The fourth-order valence-corrected chi connectivity index (χ4v) is 4.93. The summed E-state index contributed by atoms with van der Waals surface area (Å²) in [6.07, 6.45) is 0. The van der Waals surface area contributed by atoms with Crippen LogP contribution in [0, 0.1) is 0 Å². The molecule has 2 aliphatic heterocycles. The van der Waals surface area contributed by atoms with Crippen molar-refractivity contribution in [3.05, 3.63) is 48.5 Å². The minimum absolute atomic E-state index is 0.131. The van der Waals surface area contributed by atoms with Crippen molar-refractivity contribution in [2.24, 2.45) is 0 Å². The third-order valence-corrected chi connectivity index (χ3v) is 7.07. The Bertz CT molecular complexity index is 1000. The van der Waals surface area contributed by atoms with E-state index in [9.17, 15) is 13.2 Å². The van der Waals surface area contributed by atoms with Crippen molar-refractivity contribution in [1.82, 2.24) is 9.80 Å². The Hall–Kier alpha value is -2.78. The first kappa shape index (κ1) is 20.5. The SMILES string of the molecule is CN1CCN(C(=O)CN(c2ccc3c(c2)OCCO3)S(=O)(=O)c2ccccc2)CC1. The molecule has 30 heavy (non-hydrogen) atoms. The average molecular weight is 432 g/mol. The molecule has 2 aromatic rings. The van der Waals surface area contributed by atoms with Gasteiger partial charge in [-0.1, -0.05) is 18.2 Å². The quantitative estimate of drug-likeness (QED) is 0.713. The van der Waals surface area contributed by atoms with Gasteiger partial charge in [-0.15, -0.1) is 0 Å². The molecule has 0 atom stereocenters. The lowest BCUT2D eigenvalue weighted by atomic mass is 10.2. The largest absolute Gasteiger partial charge is 0.486 e. The van der Waals surface area contributed by atoms with E-state index >= 15 is 0 Å². The van der Waals surface area contributed by atoms with E-state index in [0.29, 0.717) is 43.5 Å². The third kappa shape index (κ3) is 4.22. The van der Waals surface area contributed by atoms with Crippen LogP contribution in [0.15, 0.2) is 53.4 Å². The fourth-order valence-electron chi connectivity index (χ4n) is 3.50. The summed E-state index contributed by atoms with van der Waals surface area (Å²) in [6.45, 7) is 3.25. The minimum atomic E-state index is -3.95. The molecule has 160 valence electrons. The number of benzene rings is 2. The highest BCUT2D eigenvalue weighted by atomic mass is 32.2. The van der Waals surface area contributed by atoms with E-state index in [0.717, 1.165) is 17.4 Å². The maximum absolute atomic E-state index is 13.4. The molecule has 0 unspecified atom stereocenters. The van der Waals surface area contributed by atoms with Crippen LogP contribution in [0.4, 0.5) is 5.69 Å². The van der Waals surface area contributed by atoms with E-state index in [1.165, 1.54) is 12.1 Å². The Kier molecular flexibility index (Phi) is 5.83. The topological polar surface area (TPSA) is 79.4 Å². The predicted molar refractivity (Wildman–Crippen MR) is 112 cm³/mol. The first-order chi connectivity index (χ1) is 14.4. The van der Waals surface area contributed by atoms with Gasteiger partial charge in [0.05, 0.1) is 10.6 Å². The number of sulfonamides is 1. The van der Waals surface area contributed by atoms with Crippen LogP contribution in [0.3, 0.4) is 0 Å². The second kappa shape index (κ2) is 8.53. The number of piperazine rings is 1. The number of rotatable bonds is 5. The molecule has 0 spiro atoms. The van der Waals surface area contributed by atoms with Crippen LogP contribution < -0.4 is 13.8 Å². The smallest absolute Gasteiger partial charge is 0.264 e. The van der Waals surface area contributed by atoms with Gasteiger partial charge in [-0.2, -0.15) is 0 Å². The van der Waals surface area contributed by atoms with E-state index < -0.39 is 10.0 Å². The highest BCUT2D eigenvalue weighted by Gasteiger charge is 2.30. The number of fused-ring (bicyclic) bond motifs is 1. The van der Waals surface area contributed by atoms with Crippen molar-refractivity contribution < 1.29 is 22.7 Å². The molecule has 9 heteroatoms. The Labute approximate surface area is 176 Å². The van der Waals surface area contributed by atoms with Crippen molar-refractivity contribution in [1.29, 1.82) is 0 Å². The van der Waals surface area contributed by atoms with Crippen molar-refractivity contribution in [3.63, 3.8) is 0 Å². The number of nitrogens with zero attached hydrogens (tertiary/aromatic N) is 3. The molecule has 1 saturated heterocycles. The maximum atomic E-state index is 13.4. The second-order valence-electron chi connectivity index (χ2n) is 7.34. The van der Waals surface area contributed by atoms with Gasteiger partial charge in [0.15, 0.2) is 11.5 Å². The fraction of sp³-hybridized carbons (Fsp3) is 0.381. The molecule has 0 aromatic heterocycles.